The zero-order valence-corrected chi connectivity index (χ0v) is 10.6. The van der Waals surface area contributed by atoms with Crippen LogP contribution in [0.15, 0.2) is 36.4 Å². The van der Waals surface area contributed by atoms with Gasteiger partial charge in [-0.2, -0.15) is 0 Å². The first-order chi connectivity index (χ1) is 9.47. The molecule has 0 bridgehead atoms. The molecule has 0 atom stereocenters. The van der Waals surface area contributed by atoms with Gasteiger partial charge < -0.3 is 20.4 Å². The van der Waals surface area contributed by atoms with Crippen LogP contribution in [-0.4, -0.2) is 26.2 Å². The third kappa shape index (κ3) is 3.00. The molecule has 0 saturated carbocycles. The third-order valence-corrected chi connectivity index (χ3v) is 2.97. The van der Waals surface area contributed by atoms with Gasteiger partial charge in [-0.1, -0.05) is 6.07 Å². The second kappa shape index (κ2) is 5.52. The molecular formula is C15H14O5. The third-order valence-electron chi connectivity index (χ3n) is 2.97. The second-order valence-corrected chi connectivity index (χ2v) is 4.44. The lowest BCUT2D eigenvalue weighted by atomic mass is 10.0. The number of carbonyl (C=O) groups excluding carboxylic acids is 1. The minimum absolute atomic E-state index is 0.0474. The molecule has 0 unspecified atom stereocenters. The van der Waals surface area contributed by atoms with Crippen LogP contribution in [0.25, 0.3) is 0 Å². The van der Waals surface area contributed by atoms with Crippen molar-refractivity contribution in [2.75, 3.05) is 0 Å². The van der Waals surface area contributed by atoms with Crippen LogP contribution in [0.3, 0.4) is 0 Å². The Balaban J connectivity index is 2.08. The SMILES string of the molecule is O=C(CCc1ccc(O)cc1O)c1ccc(O)cc1O. The molecular weight excluding hydrogens is 260 g/mol. The van der Waals surface area contributed by atoms with Crippen molar-refractivity contribution in [3.63, 3.8) is 0 Å². The van der Waals surface area contributed by atoms with E-state index in [0.29, 0.717) is 5.56 Å². The van der Waals surface area contributed by atoms with E-state index < -0.39 is 0 Å². The Morgan fingerprint density at radius 3 is 2.05 bits per heavy atom. The van der Waals surface area contributed by atoms with Crippen LogP contribution in [0, 0.1) is 0 Å². The molecule has 104 valence electrons. The number of benzene rings is 2. The molecule has 0 aliphatic heterocycles. The van der Waals surface area contributed by atoms with Gasteiger partial charge >= 0.3 is 0 Å². The molecule has 0 aliphatic carbocycles. The Morgan fingerprint density at radius 1 is 0.850 bits per heavy atom. The topological polar surface area (TPSA) is 98.0 Å². The van der Waals surface area contributed by atoms with Crippen molar-refractivity contribution in [2.24, 2.45) is 0 Å². The number of hydrogen-bond donors (Lipinski definition) is 4. The minimum atomic E-state index is -0.296. The summed E-state index contributed by atoms with van der Waals surface area (Å²) in [6, 6.07) is 7.95. The van der Waals surface area contributed by atoms with Crippen molar-refractivity contribution in [3.8, 4) is 23.0 Å². The van der Waals surface area contributed by atoms with Crippen molar-refractivity contribution in [3.05, 3.63) is 47.5 Å². The molecule has 0 aliphatic rings. The van der Waals surface area contributed by atoms with Crippen molar-refractivity contribution in [1.29, 1.82) is 0 Å². The highest BCUT2D eigenvalue weighted by Crippen LogP contribution is 2.26. The number of phenolic OH excluding ortho intramolecular Hbond substituents is 4. The van der Waals surface area contributed by atoms with Crippen LogP contribution in [0.1, 0.15) is 22.3 Å². The number of carbonyl (C=O) groups is 1. The highest BCUT2D eigenvalue weighted by molar-refractivity contribution is 5.98. The Bertz CT molecular complexity index is 649. The first-order valence-corrected chi connectivity index (χ1v) is 6.03. The van der Waals surface area contributed by atoms with Crippen LogP contribution < -0.4 is 0 Å². The first-order valence-electron chi connectivity index (χ1n) is 6.03. The van der Waals surface area contributed by atoms with Gasteiger partial charge in [0.15, 0.2) is 5.78 Å². The van der Waals surface area contributed by atoms with Gasteiger partial charge in [0.25, 0.3) is 0 Å². The maximum Gasteiger partial charge on any atom is 0.166 e. The standard InChI is InChI=1S/C15H14O5/c16-10-3-1-9(14(19)7-10)2-6-13(18)12-5-4-11(17)8-15(12)20/h1,3-5,7-8,16-17,19-20H,2,6H2. The molecule has 2 aromatic carbocycles. The predicted molar refractivity (Wildman–Crippen MR) is 72.2 cm³/mol. The normalized spacial score (nSPS) is 10.4. The molecule has 4 N–H and O–H groups in total. The largest absolute Gasteiger partial charge is 0.508 e. The van der Waals surface area contributed by atoms with Crippen molar-refractivity contribution < 1.29 is 25.2 Å². The summed E-state index contributed by atoms with van der Waals surface area (Å²) < 4.78 is 0. The van der Waals surface area contributed by atoms with Crippen molar-refractivity contribution in [1.82, 2.24) is 0 Å². The summed E-state index contributed by atoms with van der Waals surface area (Å²) in [4.78, 5) is 12.0. The fraction of sp³-hybridized carbons (Fsp3) is 0.133. The Morgan fingerprint density at radius 2 is 1.45 bits per heavy atom. The van der Waals surface area contributed by atoms with Crippen molar-refractivity contribution in [2.45, 2.75) is 12.8 Å². The average molecular weight is 274 g/mol. The van der Waals surface area contributed by atoms with Crippen LogP contribution in [0.2, 0.25) is 0 Å². The lowest BCUT2D eigenvalue weighted by Crippen LogP contribution is -2.01. The van der Waals surface area contributed by atoms with E-state index in [1.54, 1.807) is 0 Å². The van der Waals surface area contributed by atoms with Gasteiger partial charge in [0.05, 0.1) is 5.56 Å². The number of rotatable bonds is 4. The smallest absolute Gasteiger partial charge is 0.166 e. The molecule has 0 spiro atoms. The highest BCUT2D eigenvalue weighted by atomic mass is 16.3. The van der Waals surface area contributed by atoms with Gasteiger partial charge in [-0.05, 0) is 30.2 Å². The summed E-state index contributed by atoms with van der Waals surface area (Å²) >= 11 is 0. The van der Waals surface area contributed by atoms with Crippen LogP contribution in [-0.2, 0) is 6.42 Å². The van der Waals surface area contributed by atoms with E-state index in [9.17, 15) is 20.1 Å². The molecule has 20 heavy (non-hydrogen) atoms. The first kappa shape index (κ1) is 13.7. The molecule has 0 radical (unpaired) electrons. The van der Waals surface area contributed by atoms with E-state index in [-0.39, 0.29) is 47.2 Å². The molecule has 0 amide bonds. The van der Waals surface area contributed by atoms with Gasteiger partial charge in [0, 0.05) is 18.6 Å². The maximum atomic E-state index is 12.0. The Hall–Kier alpha value is -2.69. The quantitative estimate of drug-likeness (QED) is 0.641. The summed E-state index contributed by atoms with van der Waals surface area (Å²) in [7, 11) is 0. The lowest BCUT2D eigenvalue weighted by molar-refractivity contribution is 0.0980. The van der Waals surface area contributed by atoms with Gasteiger partial charge in [0.2, 0.25) is 0 Å². The highest BCUT2D eigenvalue weighted by Gasteiger charge is 2.13. The van der Waals surface area contributed by atoms with Gasteiger partial charge in [0.1, 0.15) is 23.0 Å². The van der Waals surface area contributed by atoms with E-state index in [0.717, 1.165) is 6.07 Å². The van der Waals surface area contributed by atoms with Crippen LogP contribution in [0.5, 0.6) is 23.0 Å². The fourth-order valence-corrected chi connectivity index (χ4v) is 1.90. The lowest BCUT2D eigenvalue weighted by Gasteiger charge is -2.06. The predicted octanol–water partition coefficient (Wildman–Crippen LogP) is 2.32. The van der Waals surface area contributed by atoms with Gasteiger partial charge in [-0.3, -0.25) is 4.79 Å². The molecule has 5 heteroatoms. The molecule has 0 aromatic heterocycles. The molecule has 0 fully saturated rings. The average Bonchev–Trinajstić information content (AvgIpc) is 2.37. The molecule has 2 aromatic rings. The molecule has 0 saturated heterocycles. The van der Waals surface area contributed by atoms with E-state index in [2.05, 4.69) is 0 Å². The number of hydrogen-bond acceptors (Lipinski definition) is 5. The summed E-state index contributed by atoms with van der Waals surface area (Å²) in [6.45, 7) is 0. The monoisotopic (exact) mass is 274 g/mol. The van der Waals surface area contributed by atoms with E-state index in [4.69, 9.17) is 5.11 Å². The summed E-state index contributed by atoms with van der Waals surface area (Å²) in [6.07, 6.45) is 0.377. The Labute approximate surface area is 115 Å². The summed E-state index contributed by atoms with van der Waals surface area (Å²) in [5, 5.41) is 37.5. The van der Waals surface area contributed by atoms with E-state index in [1.807, 2.05) is 0 Å². The van der Waals surface area contributed by atoms with Crippen molar-refractivity contribution >= 4 is 5.78 Å². The van der Waals surface area contributed by atoms with E-state index in [1.165, 1.54) is 30.3 Å². The molecule has 5 nitrogen and oxygen atoms in total. The maximum absolute atomic E-state index is 12.0. The minimum Gasteiger partial charge on any atom is -0.508 e. The molecule has 0 heterocycles. The number of phenols is 4. The molecule has 2 rings (SSSR count). The number of Topliss-reactive ketones (excluding diaryl/α,β-unsaturated/α-hetero) is 1. The van der Waals surface area contributed by atoms with Crippen LogP contribution >= 0.6 is 0 Å². The summed E-state index contributed by atoms with van der Waals surface area (Å²) in [5.74, 6) is -0.809. The second-order valence-electron chi connectivity index (χ2n) is 4.44. The number of ketones is 1. The van der Waals surface area contributed by atoms with Gasteiger partial charge in [-0.15, -0.1) is 0 Å². The van der Waals surface area contributed by atoms with Gasteiger partial charge in [-0.25, -0.2) is 0 Å². The fourth-order valence-electron chi connectivity index (χ4n) is 1.90. The van der Waals surface area contributed by atoms with Crippen LogP contribution in [0.4, 0.5) is 0 Å². The summed E-state index contributed by atoms with van der Waals surface area (Å²) in [5.41, 5.74) is 0.662. The number of aryl methyl sites for hydroxylation is 1. The zero-order valence-electron chi connectivity index (χ0n) is 10.6. The zero-order chi connectivity index (χ0) is 14.7. The Kier molecular flexibility index (Phi) is 3.79. The number of aromatic hydroxyl groups is 4. The van der Waals surface area contributed by atoms with E-state index >= 15 is 0 Å².